The van der Waals surface area contributed by atoms with Crippen molar-refractivity contribution in [2.45, 2.75) is 25.8 Å². The van der Waals surface area contributed by atoms with Crippen LogP contribution in [0.15, 0.2) is 41.4 Å². The van der Waals surface area contributed by atoms with Crippen LogP contribution < -0.4 is 19.7 Å². The van der Waals surface area contributed by atoms with Crippen LogP contribution in [0.4, 0.5) is 5.69 Å². The standard InChI is InChI=1S/C24H30N4O3.HI/c1-25-24(26-15-23(29)28-11-6-8-17-7-4-5-9-20(17)28)27-12-10-18-13-21(30-2)22(31-3)14-19(18)16-27;/h4-5,7,9,13-14H,6,8,10-12,15-16H2,1-3H3,(H,25,26);1H. The molecule has 2 heterocycles. The third-order valence-electron chi connectivity index (χ3n) is 6.04. The molecule has 32 heavy (non-hydrogen) atoms. The summed E-state index contributed by atoms with van der Waals surface area (Å²) in [6.45, 7) is 2.50. The van der Waals surface area contributed by atoms with Crippen molar-refractivity contribution in [1.82, 2.24) is 10.2 Å². The number of aryl methyl sites for hydroxylation is 1. The zero-order valence-electron chi connectivity index (χ0n) is 18.9. The molecule has 2 aromatic rings. The van der Waals surface area contributed by atoms with Gasteiger partial charge in [-0.15, -0.1) is 24.0 Å². The smallest absolute Gasteiger partial charge is 0.246 e. The summed E-state index contributed by atoms with van der Waals surface area (Å²) in [5.74, 6) is 2.28. The summed E-state index contributed by atoms with van der Waals surface area (Å²) in [7, 11) is 5.06. The molecule has 1 N–H and O–H groups in total. The third kappa shape index (κ3) is 4.95. The number of methoxy groups -OCH3 is 2. The molecule has 0 unspecified atom stereocenters. The van der Waals surface area contributed by atoms with Gasteiger partial charge in [0.25, 0.3) is 0 Å². The molecule has 0 radical (unpaired) electrons. The van der Waals surface area contributed by atoms with Crippen molar-refractivity contribution < 1.29 is 14.3 Å². The number of nitrogens with one attached hydrogen (secondary N) is 1. The van der Waals surface area contributed by atoms with Crippen molar-refractivity contribution in [2.75, 3.05) is 45.8 Å². The molecule has 0 aromatic heterocycles. The Labute approximate surface area is 206 Å². The first-order valence-corrected chi connectivity index (χ1v) is 10.7. The quantitative estimate of drug-likeness (QED) is 0.360. The predicted octanol–water partition coefficient (Wildman–Crippen LogP) is 3.23. The number of guanidine groups is 1. The van der Waals surface area contributed by atoms with Crippen molar-refractivity contribution in [3.05, 3.63) is 53.1 Å². The monoisotopic (exact) mass is 550 g/mol. The average Bonchev–Trinajstić information content (AvgIpc) is 2.82. The molecule has 8 heteroatoms. The van der Waals surface area contributed by atoms with Gasteiger partial charge in [0.05, 0.1) is 20.8 Å². The number of nitrogens with zero attached hydrogens (tertiary/aromatic N) is 3. The lowest BCUT2D eigenvalue weighted by atomic mass is 9.99. The average molecular weight is 550 g/mol. The van der Waals surface area contributed by atoms with Gasteiger partial charge in [0.15, 0.2) is 17.5 Å². The van der Waals surface area contributed by atoms with Crippen molar-refractivity contribution in [2.24, 2.45) is 4.99 Å². The largest absolute Gasteiger partial charge is 0.493 e. The van der Waals surface area contributed by atoms with Crippen LogP contribution >= 0.6 is 24.0 Å². The molecule has 0 bridgehead atoms. The van der Waals surface area contributed by atoms with E-state index in [1.54, 1.807) is 21.3 Å². The summed E-state index contributed by atoms with van der Waals surface area (Å²) in [4.78, 5) is 21.5. The molecule has 0 spiro atoms. The van der Waals surface area contributed by atoms with E-state index in [0.717, 1.165) is 55.5 Å². The van der Waals surface area contributed by atoms with Gasteiger partial charge >= 0.3 is 0 Å². The molecule has 172 valence electrons. The Kier molecular flexibility index (Phi) is 8.22. The summed E-state index contributed by atoms with van der Waals surface area (Å²) in [5.41, 5.74) is 4.71. The maximum absolute atomic E-state index is 13.0. The summed E-state index contributed by atoms with van der Waals surface area (Å²) in [5, 5.41) is 3.28. The van der Waals surface area contributed by atoms with Crippen LogP contribution in [0.3, 0.4) is 0 Å². The minimum Gasteiger partial charge on any atom is -0.493 e. The molecule has 2 aliphatic rings. The van der Waals surface area contributed by atoms with Gasteiger partial charge in [0.2, 0.25) is 5.91 Å². The van der Waals surface area contributed by atoms with Crippen LogP contribution in [0, 0.1) is 0 Å². The summed E-state index contributed by atoms with van der Waals surface area (Å²) < 4.78 is 10.9. The minimum absolute atomic E-state index is 0. The Morgan fingerprint density at radius 1 is 1.03 bits per heavy atom. The van der Waals surface area contributed by atoms with Gasteiger partial charge in [-0.3, -0.25) is 9.79 Å². The lowest BCUT2D eigenvalue weighted by Crippen LogP contribution is -2.48. The van der Waals surface area contributed by atoms with Crippen LogP contribution in [-0.4, -0.2) is 57.7 Å². The minimum atomic E-state index is 0. The first kappa shape index (κ1) is 24.2. The number of hydrogen-bond acceptors (Lipinski definition) is 4. The van der Waals surface area contributed by atoms with Crippen LogP contribution in [0.25, 0.3) is 0 Å². The molecular formula is C24H31IN4O3. The number of carbonyl (C=O) groups is 1. The van der Waals surface area contributed by atoms with Gasteiger partial charge in [0, 0.05) is 32.4 Å². The van der Waals surface area contributed by atoms with E-state index in [0.29, 0.717) is 6.54 Å². The zero-order valence-corrected chi connectivity index (χ0v) is 21.2. The molecule has 0 aliphatic carbocycles. The number of fused-ring (bicyclic) bond motifs is 2. The van der Waals surface area contributed by atoms with Gasteiger partial charge in [0.1, 0.15) is 0 Å². The number of rotatable bonds is 4. The lowest BCUT2D eigenvalue weighted by molar-refractivity contribution is -0.117. The Morgan fingerprint density at radius 3 is 2.47 bits per heavy atom. The molecule has 1 amide bonds. The van der Waals surface area contributed by atoms with Gasteiger partial charge in [-0.2, -0.15) is 0 Å². The predicted molar refractivity (Wildman–Crippen MR) is 138 cm³/mol. The Morgan fingerprint density at radius 2 is 1.75 bits per heavy atom. The molecule has 0 saturated heterocycles. The van der Waals surface area contributed by atoms with E-state index >= 15 is 0 Å². The van der Waals surface area contributed by atoms with E-state index in [9.17, 15) is 4.79 Å². The summed E-state index contributed by atoms with van der Waals surface area (Å²) >= 11 is 0. The summed E-state index contributed by atoms with van der Waals surface area (Å²) in [6.07, 6.45) is 2.89. The normalized spacial score (nSPS) is 15.3. The fraction of sp³-hybridized carbons (Fsp3) is 0.417. The third-order valence-corrected chi connectivity index (χ3v) is 6.04. The summed E-state index contributed by atoms with van der Waals surface area (Å²) in [6, 6.07) is 12.2. The second kappa shape index (κ2) is 10.9. The number of hydrogen-bond donors (Lipinski definition) is 1. The maximum atomic E-state index is 13.0. The highest BCUT2D eigenvalue weighted by molar-refractivity contribution is 14.0. The van der Waals surface area contributed by atoms with Gasteiger partial charge < -0.3 is 24.6 Å². The number of benzene rings is 2. The van der Waals surface area contributed by atoms with Crippen molar-refractivity contribution in [1.29, 1.82) is 0 Å². The number of halogens is 1. The lowest BCUT2D eigenvalue weighted by Gasteiger charge is -2.33. The van der Waals surface area contributed by atoms with Gasteiger partial charge in [-0.25, -0.2) is 0 Å². The van der Waals surface area contributed by atoms with Gasteiger partial charge in [-0.1, -0.05) is 18.2 Å². The first-order valence-electron chi connectivity index (χ1n) is 10.7. The maximum Gasteiger partial charge on any atom is 0.246 e. The van der Waals surface area contributed by atoms with E-state index in [-0.39, 0.29) is 36.4 Å². The van der Waals surface area contributed by atoms with E-state index in [4.69, 9.17) is 9.47 Å². The number of carbonyl (C=O) groups excluding carboxylic acids is 1. The molecule has 2 aliphatic heterocycles. The fourth-order valence-corrected chi connectivity index (χ4v) is 4.44. The molecule has 2 aromatic carbocycles. The highest BCUT2D eigenvalue weighted by Gasteiger charge is 2.25. The Hall–Kier alpha value is -2.49. The number of ether oxygens (including phenoxy) is 2. The number of aliphatic imine (C=N–C) groups is 1. The molecule has 0 atom stereocenters. The van der Waals surface area contributed by atoms with Crippen LogP contribution in [-0.2, 0) is 24.2 Å². The Balaban J connectivity index is 0.00000289. The highest BCUT2D eigenvalue weighted by atomic mass is 127. The van der Waals surface area contributed by atoms with Crippen molar-refractivity contribution in [3.63, 3.8) is 0 Å². The van der Waals surface area contributed by atoms with E-state index in [1.807, 2.05) is 29.2 Å². The van der Waals surface area contributed by atoms with E-state index in [1.165, 1.54) is 16.7 Å². The van der Waals surface area contributed by atoms with E-state index in [2.05, 4.69) is 27.3 Å². The van der Waals surface area contributed by atoms with Gasteiger partial charge in [-0.05, 0) is 54.2 Å². The molecule has 4 rings (SSSR count). The molecule has 0 fully saturated rings. The number of anilines is 1. The topological polar surface area (TPSA) is 66.4 Å². The number of para-hydroxylation sites is 1. The first-order chi connectivity index (χ1) is 15.1. The van der Waals surface area contributed by atoms with Crippen LogP contribution in [0.2, 0.25) is 0 Å². The second-order valence-electron chi connectivity index (χ2n) is 7.83. The second-order valence-corrected chi connectivity index (χ2v) is 7.83. The molecule has 0 saturated carbocycles. The fourth-order valence-electron chi connectivity index (χ4n) is 4.44. The molecule has 7 nitrogen and oxygen atoms in total. The van der Waals surface area contributed by atoms with Crippen molar-refractivity contribution >= 4 is 41.5 Å². The van der Waals surface area contributed by atoms with E-state index < -0.39 is 0 Å². The SMILES string of the molecule is CN=C(NCC(=O)N1CCCc2ccccc21)N1CCc2cc(OC)c(OC)cc2C1.I. The van der Waals surface area contributed by atoms with Crippen LogP contribution in [0.1, 0.15) is 23.1 Å². The number of amides is 1. The zero-order chi connectivity index (χ0) is 21.8. The Bertz CT molecular complexity index is 995. The highest BCUT2D eigenvalue weighted by Crippen LogP contribution is 2.33. The van der Waals surface area contributed by atoms with Crippen LogP contribution in [0.5, 0.6) is 11.5 Å². The van der Waals surface area contributed by atoms with Crippen molar-refractivity contribution in [3.8, 4) is 11.5 Å². The molecular weight excluding hydrogens is 519 g/mol.